The maximum absolute atomic E-state index is 12.8. The summed E-state index contributed by atoms with van der Waals surface area (Å²) in [5, 5.41) is 10.8. The molecule has 0 spiro atoms. The lowest BCUT2D eigenvalue weighted by Crippen LogP contribution is -2.03. The van der Waals surface area contributed by atoms with Crippen molar-refractivity contribution in [3.05, 3.63) is 43.3 Å². The van der Waals surface area contributed by atoms with Gasteiger partial charge in [-0.15, -0.1) is 22.7 Å². The van der Waals surface area contributed by atoms with Crippen LogP contribution in [0.4, 0.5) is 0 Å². The minimum absolute atomic E-state index is 0.142. The second kappa shape index (κ2) is 6.34. The average molecular weight is 334 g/mol. The minimum Gasteiger partial charge on any atom is -0.481 e. The van der Waals surface area contributed by atoms with E-state index in [-0.39, 0.29) is 12.2 Å². The van der Waals surface area contributed by atoms with Crippen LogP contribution in [0.25, 0.3) is 0 Å². The Morgan fingerprint density at radius 3 is 2.86 bits per heavy atom. The summed E-state index contributed by atoms with van der Waals surface area (Å²) in [5.74, 6) is -0.287. The molecule has 1 atom stereocenters. The van der Waals surface area contributed by atoms with E-state index in [9.17, 15) is 9.59 Å². The molecular weight excluding hydrogens is 316 g/mol. The predicted molar refractivity (Wildman–Crippen MR) is 89.4 cm³/mol. The van der Waals surface area contributed by atoms with Crippen molar-refractivity contribution in [2.45, 2.75) is 44.9 Å². The Balaban J connectivity index is 1.94. The van der Waals surface area contributed by atoms with Gasteiger partial charge in [0.05, 0.1) is 4.88 Å². The Hall–Kier alpha value is -1.46. The SMILES string of the molecule is CCc1sc2c(c1C(=O)c1cccs1)CCC2CCC(=O)O. The van der Waals surface area contributed by atoms with Crippen LogP contribution < -0.4 is 0 Å². The Morgan fingerprint density at radius 2 is 2.23 bits per heavy atom. The Labute approximate surface area is 137 Å². The fourth-order valence-corrected chi connectivity index (χ4v) is 5.31. The number of carboxylic acid groups (broad SMARTS) is 1. The monoisotopic (exact) mass is 334 g/mol. The molecule has 116 valence electrons. The number of fused-ring (bicyclic) bond motifs is 1. The lowest BCUT2D eigenvalue weighted by molar-refractivity contribution is -0.137. The highest BCUT2D eigenvalue weighted by atomic mass is 32.1. The van der Waals surface area contributed by atoms with Crippen LogP contribution in [-0.4, -0.2) is 16.9 Å². The van der Waals surface area contributed by atoms with Crippen LogP contribution in [-0.2, 0) is 17.6 Å². The van der Waals surface area contributed by atoms with E-state index in [4.69, 9.17) is 5.11 Å². The van der Waals surface area contributed by atoms with Gasteiger partial charge in [-0.3, -0.25) is 9.59 Å². The van der Waals surface area contributed by atoms with Crippen LogP contribution in [0, 0.1) is 0 Å². The van der Waals surface area contributed by atoms with Crippen molar-refractivity contribution >= 4 is 34.4 Å². The quantitative estimate of drug-likeness (QED) is 0.792. The molecule has 2 aromatic heterocycles. The molecule has 1 N–H and O–H groups in total. The molecule has 0 bridgehead atoms. The van der Waals surface area contributed by atoms with Gasteiger partial charge in [-0.05, 0) is 48.6 Å². The van der Waals surface area contributed by atoms with Crippen LogP contribution in [0.5, 0.6) is 0 Å². The summed E-state index contributed by atoms with van der Waals surface area (Å²) in [6, 6.07) is 3.79. The number of carboxylic acids is 1. The number of ketones is 1. The summed E-state index contributed by atoms with van der Waals surface area (Å²) >= 11 is 3.21. The van der Waals surface area contributed by atoms with Gasteiger partial charge in [0.2, 0.25) is 5.78 Å². The van der Waals surface area contributed by atoms with Crippen LogP contribution in [0.2, 0.25) is 0 Å². The molecule has 3 nitrogen and oxygen atoms in total. The molecule has 1 unspecified atom stereocenters. The first-order chi connectivity index (χ1) is 10.6. The highest BCUT2D eigenvalue weighted by molar-refractivity contribution is 7.13. The van der Waals surface area contributed by atoms with E-state index >= 15 is 0 Å². The van der Waals surface area contributed by atoms with Crippen molar-refractivity contribution in [3.63, 3.8) is 0 Å². The summed E-state index contributed by atoms with van der Waals surface area (Å²) < 4.78 is 0. The number of aliphatic carboxylic acids is 1. The molecule has 0 saturated heterocycles. The third kappa shape index (κ3) is 2.75. The molecule has 0 fully saturated rings. The smallest absolute Gasteiger partial charge is 0.303 e. The number of rotatable bonds is 6. The zero-order valence-corrected chi connectivity index (χ0v) is 14.1. The van der Waals surface area contributed by atoms with Crippen molar-refractivity contribution in [3.8, 4) is 0 Å². The Kier molecular flexibility index (Phi) is 4.45. The Morgan fingerprint density at radius 1 is 1.41 bits per heavy atom. The fourth-order valence-electron chi connectivity index (χ4n) is 3.18. The fraction of sp³-hybridized carbons (Fsp3) is 0.412. The second-order valence-corrected chi connectivity index (χ2v) is 7.66. The average Bonchev–Trinajstić information content (AvgIpc) is 3.20. The molecule has 0 aliphatic heterocycles. The number of aryl methyl sites for hydroxylation is 1. The maximum atomic E-state index is 12.8. The van der Waals surface area contributed by atoms with Gasteiger partial charge in [-0.25, -0.2) is 0 Å². The van der Waals surface area contributed by atoms with E-state index in [1.165, 1.54) is 21.8 Å². The highest BCUT2D eigenvalue weighted by Crippen LogP contribution is 2.45. The third-order valence-corrected chi connectivity index (χ3v) is 6.63. The molecule has 0 amide bonds. The van der Waals surface area contributed by atoms with Crippen LogP contribution in [0.15, 0.2) is 17.5 Å². The summed E-state index contributed by atoms with van der Waals surface area (Å²) in [6.45, 7) is 2.08. The minimum atomic E-state index is -0.740. The van der Waals surface area contributed by atoms with Crippen molar-refractivity contribution in [2.24, 2.45) is 0 Å². The first-order valence-corrected chi connectivity index (χ1v) is 9.25. The van der Waals surface area contributed by atoms with Gasteiger partial charge < -0.3 is 5.11 Å². The number of carbonyl (C=O) groups excluding carboxylic acids is 1. The van der Waals surface area contributed by atoms with E-state index in [2.05, 4.69) is 6.92 Å². The lowest BCUT2D eigenvalue weighted by atomic mass is 10.0. The molecule has 3 rings (SSSR count). The summed E-state index contributed by atoms with van der Waals surface area (Å²) in [4.78, 5) is 26.8. The number of thiophene rings is 2. The molecule has 2 aromatic rings. The van der Waals surface area contributed by atoms with E-state index in [0.717, 1.165) is 34.6 Å². The largest absolute Gasteiger partial charge is 0.481 e. The zero-order valence-electron chi connectivity index (χ0n) is 12.4. The van der Waals surface area contributed by atoms with Crippen molar-refractivity contribution in [1.82, 2.24) is 0 Å². The van der Waals surface area contributed by atoms with Crippen molar-refractivity contribution < 1.29 is 14.7 Å². The molecule has 22 heavy (non-hydrogen) atoms. The van der Waals surface area contributed by atoms with E-state index in [1.54, 1.807) is 11.3 Å². The summed E-state index contributed by atoms with van der Waals surface area (Å²) in [7, 11) is 0. The van der Waals surface area contributed by atoms with Crippen molar-refractivity contribution in [2.75, 3.05) is 0 Å². The molecular formula is C17H18O3S2. The molecule has 0 aromatic carbocycles. The van der Waals surface area contributed by atoms with Crippen molar-refractivity contribution in [1.29, 1.82) is 0 Å². The normalized spacial score (nSPS) is 16.7. The van der Waals surface area contributed by atoms with E-state index in [0.29, 0.717) is 12.3 Å². The summed E-state index contributed by atoms with van der Waals surface area (Å²) in [6.07, 6.45) is 3.62. The predicted octanol–water partition coefficient (Wildman–Crippen LogP) is 4.50. The standard InChI is InChI=1S/C17H18O3S2/c1-2-12-15(16(20)13-4-3-9-21-13)11-7-5-10(17(11)22-12)6-8-14(18)19/h3-4,9-10H,2,5-8H2,1H3,(H,18,19). The third-order valence-electron chi connectivity index (χ3n) is 4.22. The maximum Gasteiger partial charge on any atom is 0.303 e. The first-order valence-electron chi connectivity index (χ1n) is 7.56. The molecule has 1 aliphatic carbocycles. The molecule has 0 saturated carbocycles. The van der Waals surface area contributed by atoms with Gasteiger partial charge in [0.15, 0.2) is 0 Å². The molecule has 2 heterocycles. The van der Waals surface area contributed by atoms with Gasteiger partial charge in [0.1, 0.15) is 0 Å². The summed E-state index contributed by atoms with van der Waals surface area (Å²) in [5.41, 5.74) is 2.10. The molecule has 5 heteroatoms. The number of hydrogen-bond acceptors (Lipinski definition) is 4. The van der Waals surface area contributed by atoms with Crippen LogP contribution >= 0.6 is 22.7 Å². The highest BCUT2D eigenvalue weighted by Gasteiger charge is 2.32. The molecule has 0 radical (unpaired) electrons. The lowest BCUT2D eigenvalue weighted by Gasteiger charge is -2.06. The number of carbonyl (C=O) groups is 2. The van der Waals surface area contributed by atoms with Gasteiger partial charge in [0, 0.05) is 21.7 Å². The van der Waals surface area contributed by atoms with Gasteiger partial charge >= 0.3 is 5.97 Å². The first kappa shape index (κ1) is 15.4. The number of hydrogen-bond donors (Lipinski definition) is 1. The van der Waals surface area contributed by atoms with E-state index in [1.807, 2.05) is 17.5 Å². The topological polar surface area (TPSA) is 54.4 Å². The van der Waals surface area contributed by atoms with E-state index < -0.39 is 5.97 Å². The Bertz CT molecular complexity index is 698. The second-order valence-electron chi connectivity index (χ2n) is 5.57. The van der Waals surface area contributed by atoms with Gasteiger partial charge in [-0.1, -0.05) is 13.0 Å². The van der Waals surface area contributed by atoms with Gasteiger partial charge in [-0.2, -0.15) is 0 Å². The van der Waals surface area contributed by atoms with Crippen LogP contribution in [0.3, 0.4) is 0 Å². The molecule has 1 aliphatic rings. The zero-order chi connectivity index (χ0) is 15.7. The van der Waals surface area contributed by atoms with Gasteiger partial charge in [0.25, 0.3) is 0 Å². The van der Waals surface area contributed by atoms with Crippen LogP contribution in [0.1, 0.15) is 62.7 Å².